The zero-order chi connectivity index (χ0) is 9.97. The van der Waals surface area contributed by atoms with E-state index in [2.05, 4.69) is 26.8 Å². The summed E-state index contributed by atoms with van der Waals surface area (Å²) in [5.74, 6) is 0. The molecule has 0 aromatic heterocycles. The summed E-state index contributed by atoms with van der Waals surface area (Å²) in [5.41, 5.74) is 0. The van der Waals surface area contributed by atoms with E-state index in [0.29, 0.717) is 0 Å². The molecule has 0 aromatic rings. The molecule has 2 heteroatoms. The van der Waals surface area contributed by atoms with Crippen molar-refractivity contribution in [3.05, 3.63) is 10.8 Å². The monoisotopic (exact) mass is 220 g/mol. The summed E-state index contributed by atoms with van der Waals surface area (Å²) in [6.45, 7) is 5.42. The molecule has 0 unspecified atom stereocenters. The van der Waals surface area contributed by atoms with Crippen LogP contribution < -0.4 is 0 Å². The van der Waals surface area contributed by atoms with Gasteiger partial charge in [-0.2, -0.15) is 0 Å². The van der Waals surface area contributed by atoms with Crippen LogP contribution in [0.4, 0.5) is 0 Å². The third kappa shape index (κ3) is 1.57. The first-order valence-electron chi connectivity index (χ1n) is 5.50. The summed E-state index contributed by atoms with van der Waals surface area (Å²) in [4.78, 5) is 0. The Bertz CT molecular complexity index is 205. The Balaban J connectivity index is 3.14. The third-order valence-corrected chi connectivity index (χ3v) is 13.8. The molecule has 0 nitrogen and oxygen atoms in total. The van der Waals surface area contributed by atoms with Crippen LogP contribution in [0.1, 0.15) is 33.6 Å². The molecule has 0 N–H and O–H groups in total. The fourth-order valence-electron chi connectivity index (χ4n) is 2.69. The molecule has 0 spiro atoms. The van der Waals surface area contributed by atoms with Crippen LogP contribution in [0.3, 0.4) is 0 Å². The van der Waals surface area contributed by atoms with E-state index < -0.39 is 6.60 Å². The van der Waals surface area contributed by atoms with E-state index in [4.69, 9.17) is 11.6 Å². The Morgan fingerprint density at radius 3 is 2.08 bits per heavy atom. The van der Waals surface area contributed by atoms with Crippen molar-refractivity contribution in [1.82, 2.24) is 0 Å². The van der Waals surface area contributed by atoms with Gasteiger partial charge in [-0.05, 0) is 0 Å². The van der Waals surface area contributed by atoms with E-state index in [9.17, 15) is 0 Å². The minimum absolute atomic E-state index is 1.21. The van der Waals surface area contributed by atoms with Crippen LogP contribution in [0.2, 0.25) is 0 Å². The third-order valence-electron chi connectivity index (χ3n) is 4.35. The van der Waals surface area contributed by atoms with Crippen LogP contribution >= 0.6 is 18.2 Å². The van der Waals surface area contributed by atoms with Gasteiger partial charge in [0.05, 0.1) is 0 Å². The van der Waals surface area contributed by atoms with Gasteiger partial charge in [0.2, 0.25) is 0 Å². The van der Waals surface area contributed by atoms with Crippen LogP contribution in [-0.2, 0) is 0 Å². The van der Waals surface area contributed by atoms with E-state index in [1.54, 1.807) is 0 Å². The van der Waals surface area contributed by atoms with Gasteiger partial charge in [-0.25, -0.2) is 0 Å². The van der Waals surface area contributed by atoms with Crippen molar-refractivity contribution < 1.29 is 0 Å². The zero-order valence-corrected chi connectivity index (χ0v) is 10.8. The molecule has 0 amide bonds. The number of halogens is 1. The fourth-order valence-corrected chi connectivity index (χ4v) is 9.20. The maximum absolute atomic E-state index is 6.52. The van der Waals surface area contributed by atoms with Crippen molar-refractivity contribution in [3.63, 3.8) is 0 Å². The van der Waals surface area contributed by atoms with Crippen LogP contribution in [0.5, 0.6) is 0 Å². The van der Waals surface area contributed by atoms with Crippen molar-refractivity contribution in [3.8, 4) is 0 Å². The predicted molar refractivity (Wildman–Crippen MR) is 66.6 cm³/mol. The summed E-state index contributed by atoms with van der Waals surface area (Å²) in [7, 11) is 0. The Morgan fingerprint density at radius 2 is 1.77 bits per heavy atom. The maximum atomic E-state index is 6.52. The molecule has 0 aliphatic carbocycles. The quantitative estimate of drug-likeness (QED) is 0.616. The van der Waals surface area contributed by atoms with Crippen LogP contribution in [0.25, 0.3) is 0 Å². The van der Waals surface area contributed by atoms with E-state index in [0.717, 1.165) is 0 Å². The van der Waals surface area contributed by atoms with Crippen LogP contribution in [0, 0.1) is 0 Å². The van der Waals surface area contributed by atoms with Gasteiger partial charge >= 0.3 is 87.3 Å². The molecule has 0 aromatic carbocycles. The second-order valence-corrected chi connectivity index (χ2v) is 11.8. The van der Waals surface area contributed by atoms with Crippen molar-refractivity contribution in [2.24, 2.45) is 0 Å². The van der Waals surface area contributed by atoms with E-state index in [1.807, 2.05) is 0 Å². The summed E-state index contributed by atoms with van der Waals surface area (Å²) >= 11 is 6.52. The Kier molecular flexibility index (Phi) is 3.47. The molecule has 1 rings (SSSR count). The molecule has 1 aliphatic heterocycles. The van der Waals surface area contributed by atoms with Crippen LogP contribution in [0.15, 0.2) is 10.8 Å². The average molecular weight is 221 g/mol. The Hall–Kier alpha value is 0.460. The molecule has 0 saturated heterocycles. The van der Waals surface area contributed by atoms with Gasteiger partial charge in [0.25, 0.3) is 0 Å². The van der Waals surface area contributed by atoms with Gasteiger partial charge in [0.15, 0.2) is 0 Å². The van der Waals surface area contributed by atoms with Crippen molar-refractivity contribution >= 4 is 18.2 Å². The SMILES string of the molecule is CCP1(CC)(CC)CCCC=C1Cl. The molecule has 13 heavy (non-hydrogen) atoms. The van der Waals surface area contributed by atoms with E-state index >= 15 is 0 Å². The normalized spacial score (nSPS) is 28.6. The van der Waals surface area contributed by atoms with Crippen molar-refractivity contribution in [1.29, 1.82) is 0 Å². The van der Waals surface area contributed by atoms with Gasteiger partial charge in [0, 0.05) is 0 Å². The topological polar surface area (TPSA) is 0 Å². The summed E-state index contributed by atoms with van der Waals surface area (Å²) in [5, 5.41) is 0. The molecular weight excluding hydrogens is 199 g/mol. The summed E-state index contributed by atoms with van der Waals surface area (Å²) in [6.07, 6.45) is 10.2. The molecule has 0 radical (unpaired) electrons. The first-order chi connectivity index (χ1) is 6.13. The van der Waals surface area contributed by atoms with Gasteiger partial charge < -0.3 is 0 Å². The first kappa shape index (κ1) is 11.5. The molecule has 1 aliphatic rings. The fraction of sp³-hybridized carbons (Fsp3) is 0.818. The molecule has 1 heterocycles. The van der Waals surface area contributed by atoms with Gasteiger partial charge in [-0.15, -0.1) is 0 Å². The second-order valence-electron chi connectivity index (χ2n) is 4.32. The molecular formula is C11H22ClP. The minimum atomic E-state index is -1.60. The van der Waals surface area contributed by atoms with E-state index in [1.165, 1.54) is 42.3 Å². The number of allylic oxidation sites excluding steroid dienone is 1. The standard InChI is InChI=1S/C11H22ClP/c1-4-13(5-2,6-3)10-8-7-9-11(13)12/h9H,4-8,10H2,1-3H3. The molecule has 0 atom stereocenters. The Morgan fingerprint density at radius 1 is 1.23 bits per heavy atom. The molecule has 0 fully saturated rings. The van der Waals surface area contributed by atoms with E-state index in [-0.39, 0.29) is 0 Å². The van der Waals surface area contributed by atoms with Crippen molar-refractivity contribution in [2.45, 2.75) is 33.6 Å². The Labute approximate surface area is 87.7 Å². The second kappa shape index (κ2) is 3.91. The number of hydrogen-bond donors (Lipinski definition) is 0. The number of hydrogen-bond acceptors (Lipinski definition) is 0. The van der Waals surface area contributed by atoms with Crippen molar-refractivity contribution in [2.75, 3.05) is 24.6 Å². The van der Waals surface area contributed by atoms with Crippen LogP contribution in [-0.4, -0.2) is 24.6 Å². The molecule has 0 bridgehead atoms. The molecule has 78 valence electrons. The predicted octanol–water partition coefficient (Wildman–Crippen LogP) is 4.47. The van der Waals surface area contributed by atoms with Gasteiger partial charge in [0.1, 0.15) is 0 Å². The summed E-state index contributed by atoms with van der Waals surface area (Å²) < 4.78 is 1.27. The zero-order valence-electron chi connectivity index (χ0n) is 9.15. The van der Waals surface area contributed by atoms with Gasteiger partial charge in [-0.1, -0.05) is 0 Å². The number of rotatable bonds is 3. The molecule has 0 saturated carbocycles. The summed E-state index contributed by atoms with van der Waals surface area (Å²) in [6, 6.07) is 0. The first-order valence-corrected chi connectivity index (χ1v) is 8.85. The van der Waals surface area contributed by atoms with Gasteiger partial charge in [-0.3, -0.25) is 0 Å². The average Bonchev–Trinajstić information content (AvgIpc) is 2.21.